The van der Waals surface area contributed by atoms with Crippen molar-refractivity contribution in [1.82, 2.24) is 4.90 Å². The average molecular weight is 214 g/mol. The minimum atomic E-state index is -0.585. The summed E-state index contributed by atoms with van der Waals surface area (Å²) in [7, 11) is 1.65. The normalized spacial score (nSPS) is 20.5. The number of methoxy groups -OCH3 is 1. The fraction of sp³-hybridized carbons (Fsp3) is 0.909. The highest BCUT2D eigenvalue weighted by atomic mass is 16.5. The number of nitrogens with two attached hydrogens (primary N) is 1. The second-order valence-electron chi connectivity index (χ2n) is 4.41. The smallest absolute Gasteiger partial charge is 0.242 e. The highest BCUT2D eigenvalue weighted by Crippen LogP contribution is 2.31. The number of hydrogen-bond donors (Lipinski definition) is 1. The lowest BCUT2D eigenvalue weighted by Crippen LogP contribution is -2.61. The van der Waals surface area contributed by atoms with Gasteiger partial charge in [-0.2, -0.15) is 0 Å². The molecule has 4 nitrogen and oxygen atoms in total. The fourth-order valence-electron chi connectivity index (χ4n) is 2.04. The van der Waals surface area contributed by atoms with Crippen LogP contribution in [0.5, 0.6) is 0 Å². The van der Waals surface area contributed by atoms with Crippen molar-refractivity contribution >= 4 is 5.91 Å². The van der Waals surface area contributed by atoms with Gasteiger partial charge >= 0.3 is 0 Å². The van der Waals surface area contributed by atoms with Crippen LogP contribution in [0.25, 0.3) is 0 Å². The van der Waals surface area contributed by atoms with Gasteiger partial charge in [-0.15, -0.1) is 0 Å². The lowest BCUT2D eigenvalue weighted by Gasteiger charge is -2.42. The molecule has 88 valence electrons. The summed E-state index contributed by atoms with van der Waals surface area (Å²) in [5.41, 5.74) is 5.44. The molecule has 15 heavy (non-hydrogen) atoms. The Labute approximate surface area is 91.8 Å². The van der Waals surface area contributed by atoms with Gasteiger partial charge in [0.1, 0.15) is 0 Å². The molecule has 0 aromatic carbocycles. The third-order valence-corrected chi connectivity index (χ3v) is 3.21. The van der Waals surface area contributed by atoms with Crippen molar-refractivity contribution in [1.29, 1.82) is 0 Å². The molecule has 0 aliphatic heterocycles. The zero-order chi connectivity index (χ0) is 11.5. The van der Waals surface area contributed by atoms with E-state index in [0.717, 1.165) is 19.3 Å². The molecule has 0 spiro atoms. The number of hydrogen-bond acceptors (Lipinski definition) is 3. The van der Waals surface area contributed by atoms with Crippen LogP contribution in [0.15, 0.2) is 0 Å². The van der Waals surface area contributed by atoms with Crippen LogP contribution in [0.1, 0.15) is 33.1 Å². The van der Waals surface area contributed by atoms with Crippen LogP contribution in [0, 0.1) is 0 Å². The van der Waals surface area contributed by atoms with Gasteiger partial charge in [-0.05, 0) is 33.1 Å². The van der Waals surface area contributed by atoms with E-state index in [4.69, 9.17) is 10.5 Å². The molecule has 1 saturated carbocycles. The van der Waals surface area contributed by atoms with E-state index in [1.54, 1.807) is 7.11 Å². The Morgan fingerprint density at radius 2 is 2.20 bits per heavy atom. The topological polar surface area (TPSA) is 55.6 Å². The first-order chi connectivity index (χ1) is 7.05. The molecule has 1 unspecified atom stereocenters. The van der Waals surface area contributed by atoms with Gasteiger partial charge in [0, 0.05) is 13.7 Å². The summed E-state index contributed by atoms with van der Waals surface area (Å²) in [6.45, 7) is 5.23. The predicted molar refractivity (Wildman–Crippen MR) is 59.5 cm³/mol. The SMILES string of the molecule is CCN(C(=O)C1(N)CCC1)C(C)COC. The number of carbonyl (C=O) groups is 1. The third kappa shape index (κ3) is 2.49. The standard InChI is InChI=1S/C11H22N2O2/c1-4-13(9(2)8-15-3)10(14)11(12)6-5-7-11/h9H,4-8,12H2,1-3H3. The summed E-state index contributed by atoms with van der Waals surface area (Å²) in [5, 5.41) is 0. The summed E-state index contributed by atoms with van der Waals surface area (Å²) >= 11 is 0. The third-order valence-electron chi connectivity index (χ3n) is 3.21. The summed E-state index contributed by atoms with van der Waals surface area (Å²) in [4.78, 5) is 14.0. The zero-order valence-corrected chi connectivity index (χ0v) is 9.95. The molecule has 0 saturated heterocycles. The molecule has 1 atom stereocenters. The number of ether oxygens (including phenoxy) is 1. The molecule has 1 aliphatic carbocycles. The molecule has 2 N–H and O–H groups in total. The van der Waals surface area contributed by atoms with Crippen molar-refractivity contribution < 1.29 is 9.53 Å². The van der Waals surface area contributed by atoms with E-state index in [1.807, 2.05) is 18.7 Å². The number of nitrogens with zero attached hydrogens (tertiary/aromatic N) is 1. The average Bonchev–Trinajstić information content (AvgIpc) is 2.15. The van der Waals surface area contributed by atoms with Crippen LogP contribution in [0.4, 0.5) is 0 Å². The Hall–Kier alpha value is -0.610. The summed E-state index contributed by atoms with van der Waals surface area (Å²) in [5.74, 6) is 0.0841. The van der Waals surface area contributed by atoms with Gasteiger partial charge in [-0.1, -0.05) is 0 Å². The van der Waals surface area contributed by atoms with Gasteiger partial charge < -0.3 is 15.4 Å². The maximum atomic E-state index is 12.1. The van der Waals surface area contributed by atoms with E-state index in [2.05, 4.69) is 0 Å². The minimum absolute atomic E-state index is 0.0841. The fourth-order valence-corrected chi connectivity index (χ4v) is 2.04. The second kappa shape index (κ2) is 4.94. The molecule has 1 amide bonds. The molecule has 1 aliphatic rings. The van der Waals surface area contributed by atoms with Gasteiger partial charge in [0.25, 0.3) is 0 Å². The Balaban J connectivity index is 2.61. The number of likely N-dealkylation sites (N-methyl/N-ethyl adjacent to an activating group) is 1. The molecule has 1 fully saturated rings. The van der Waals surface area contributed by atoms with Crippen molar-refractivity contribution in [3.05, 3.63) is 0 Å². The van der Waals surface area contributed by atoms with Crippen molar-refractivity contribution in [3.63, 3.8) is 0 Å². The lowest BCUT2D eigenvalue weighted by molar-refractivity contribution is -0.143. The molecule has 4 heteroatoms. The van der Waals surface area contributed by atoms with Gasteiger partial charge in [0.2, 0.25) is 5.91 Å². The molecule has 0 heterocycles. The van der Waals surface area contributed by atoms with Gasteiger partial charge in [0.05, 0.1) is 18.2 Å². The first-order valence-corrected chi connectivity index (χ1v) is 5.64. The van der Waals surface area contributed by atoms with Gasteiger partial charge in [0.15, 0.2) is 0 Å². The van der Waals surface area contributed by atoms with E-state index >= 15 is 0 Å². The van der Waals surface area contributed by atoms with Crippen LogP contribution in [-0.4, -0.2) is 42.6 Å². The van der Waals surface area contributed by atoms with Crippen LogP contribution in [0.2, 0.25) is 0 Å². The summed E-state index contributed by atoms with van der Waals surface area (Å²) < 4.78 is 5.07. The summed E-state index contributed by atoms with van der Waals surface area (Å²) in [6, 6.07) is 0.105. The van der Waals surface area contributed by atoms with Gasteiger partial charge in [-0.25, -0.2) is 0 Å². The molecule has 0 bridgehead atoms. The van der Waals surface area contributed by atoms with Crippen LogP contribution in [-0.2, 0) is 9.53 Å². The van der Waals surface area contributed by atoms with Crippen LogP contribution < -0.4 is 5.73 Å². The number of rotatable bonds is 5. The molecule has 0 aromatic heterocycles. The number of amides is 1. The molecule has 0 aromatic rings. The summed E-state index contributed by atoms with van der Waals surface area (Å²) in [6.07, 6.45) is 2.71. The van der Waals surface area contributed by atoms with E-state index in [1.165, 1.54) is 0 Å². The molecular formula is C11H22N2O2. The van der Waals surface area contributed by atoms with Crippen molar-refractivity contribution in [2.45, 2.75) is 44.7 Å². The first kappa shape index (κ1) is 12.5. The Kier molecular flexibility index (Phi) is 4.11. The van der Waals surface area contributed by atoms with Crippen molar-refractivity contribution in [2.24, 2.45) is 5.73 Å². The van der Waals surface area contributed by atoms with E-state index in [-0.39, 0.29) is 11.9 Å². The minimum Gasteiger partial charge on any atom is -0.383 e. The largest absolute Gasteiger partial charge is 0.383 e. The van der Waals surface area contributed by atoms with Crippen LogP contribution in [0.3, 0.4) is 0 Å². The predicted octanol–water partition coefficient (Wildman–Crippen LogP) is 0.751. The van der Waals surface area contributed by atoms with Crippen LogP contribution >= 0.6 is 0 Å². The van der Waals surface area contributed by atoms with Crippen molar-refractivity contribution in [3.8, 4) is 0 Å². The first-order valence-electron chi connectivity index (χ1n) is 5.64. The Bertz CT molecular complexity index is 227. The van der Waals surface area contributed by atoms with Gasteiger partial charge in [-0.3, -0.25) is 4.79 Å². The zero-order valence-electron chi connectivity index (χ0n) is 9.95. The molecular weight excluding hydrogens is 192 g/mol. The molecule has 1 rings (SSSR count). The Morgan fingerprint density at radius 3 is 2.53 bits per heavy atom. The monoisotopic (exact) mass is 214 g/mol. The Morgan fingerprint density at radius 1 is 1.60 bits per heavy atom. The second-order valence-corrected chi connectivity index (χ2v) is 4.41. The quantitative estimate of drug-likeness (QED) is 0.735. The maximum absolute atomic E-state index is 12.1. The maximum Gasteiger partial charge on any atom is 0.242 e. The highest BCUT2D eigenvalue weighted by Gasteiger charge is 2.43. The highest BCUT2D eigenvalue weighted by molar-refractivity contribution is 5.87. The van der Waals surface area contributed by atoms with E-state index in [0.29, 0.717) is 13.2 Å². The van der Waals surface area contributed by atoms with E-state index < -0.39 is 5.54 Å². The van der Waals surface area contributed by atoms with Crippen molar-refractivity contribution in [2.75, 3.05) is 20.3 Å². The molecule has 0 radical (unpaired) electrons. The van der Waals surface area contributed by atoms with E-state index in [9.17, 15) is 4.79 Å². The lowest BCUT2D eigenvalue weighted by atomic mass is 9.76. The number of carbonyl (C=O) groups excluding carboxylic acids is 1.